The van der Waals surface area contributed by atoms with Gasteiger partial charge in [-0.2, -0.15) is 0 Å². The standard InChI is InChI=1S/C15H22O4/c1-7-18-12-8-11(17)13(15(4,5)6)9(2)14(12)19-10(3)16/h8,17H,7H2,1-6H3. The molecule has 19 heavy (non-hydrogen) atoms. The summed E-state index contributed by atoms with van der Waals surface area (Å²) in [5, 5.41) is 10.2. The number of rotatable bonds is 3. The van der Waals surface area contributed by atoms with Crippen LogP contribution < -0.4 is 9.47 Å². The Balaban J connectivity index is 3.51. The van der Waals surface area contributed by atoms with Crippen molar-refractivity contribution in [2.75, 3.05) is 6.61 Å². The number of carbonyl (C=O) groups excluding carboxylic acids is 1. The zero-order valence-electron chi connectivity index (χ0n) is 12.5. The SMILES string of the molecule is CCOc1cc(O)c(C(C)(C)C)c(C)c1OC(C)=O. The van der Waals surface area contributed by atoms with E-state index in [1.807, 2.05) is 34.6 Å². The highest BCUT2D eigenvalue weighted by Crippen LogP contribution is 2.43. The molecule has 1 aromatic carbocycles. The molecule has 0 aliphatic carbocycles. The molecule has 4 heteroatoms. The second kappa shape index (κ2) is 5.51. The summed E-state index contributed by atoms with van der Waals surface area (Å²) in [5.41, 5.74) is 1.23. The molecular weight excluding hydrogens is 244 g/mol. The molecule has 0 aromatic heterocycles. The van der Waals surface area contributed by atoms with Crippen molar-refractivity contribution in [3.8, 4) is 17.2 Å². The summed E-state index contributed by atoms with van der Waals surface area (Å²) in [6.07, 6.45) is 0. The van der Waals surface area contributed by atoms with Crippen molar-refractivity contribution >= 4 is 5.97 Å². The van der Waals surface area contributed by atoms with Crippen molar-refractivity contribution in [3.63, 3.8) is 0 Å². The molecule has 0 heterocycles. The number of hydrogen-bond acceptors (Lipinski definition) is 4. The lowest BCUT2D eigenvalue weighted by Crippen LogP contribution is -2.16. The van der Waals surface area contributed by atoms with Crippen molar-refractivity contribution in [1.29, 1.82) is 0 Å². The maximum absolute atomic E-state index is 11.2. The van der Waals surface area contributed by atoms with Crippen LogP contribution in [0.25, 0.3) is 0 Å². The van der Waals surface area contributed by atoms with Gasteiger partial charge >= 0.3 is 5.97 Å². The molecule has 4 nitrogen and oxygen atoms in total. The second-order valence-electron chi connectivity index (χ2n) is 5.50. The van der Waals surface area contributed by atoms with Crippen molar-refractivity contribution in [3.05, 3.63) is 17.2 Å². The molecule has 0 atom stereocenters. The molecule has 0 unspecified atom stereocenters. The number of hydrogen-bond donors (Lipinski definition) is 1. The van der Waals surface area contributed by atoms with Crippen LogP contribution in [-0.4, -0.2) is 17.7 Å². The van der Waals surface area contributed by atoms with Gasteiger partial charge in [-0.15, -0.1) is 0 Å². The minimum absolute atomic E-state index is 0.157. The summed E-state index contributed by atoms with van der Waals surface area (Å²) in [7, 11) is 0. The number of ether oxygens (including phenoxy) is 2. The van der Waals surface area contributed by atoms with Crippen molar-refractivity contribution in [2.45, 2.75) is 47.0 Å². The van der Waals surface area contributed by atoms with Crippen LogP contribution in [0, 0.1) is 6.92 Å². The van der Waals surface area contributed by atoms with Gasteiger partial charge in [-0.1, -0.05) is 20.8 Å². The lowest BCUT2D eigenvalue weighted by Gasteiger charge is -2.25. The first kappa shape index (κ1) is 15.3. The maximum Gasteiger partial charge on any atom is 0.308 e. The van der Waals surface area contributed by atoms with Gasteiger partial charge in [0.25, 0.3) is 0 Å². The smallest absolute Gasteiger partial charge is 0.308 e. The number of phenols is 1. The average Bonchev–Trinajstić information content (AvgIpc) is 2.21. The number of esters is 1. The first-order valence-electron chi connectivity index (χ1n) is 6.36. The third kappa shape index (κ3) is 3.40. The molecule has 0 amide bonds. The van der Waals surface area contributed by atoms with Gasteiger partial charge in [0.2, 0.25) is 0 Å². The Morgan fingerprint density at radius 3 is 2.37 bits per heavy atom. The van der Waals surface area contributed by atoms with Gasteiger partial charge in [-0.05, 0) is 19.3 Å². The molecule has 0 spiro atoms. The highest BCUT2D eigenvalue weighted by atomic mass is 16.6. The predicted octanol–water partition coefficient (Wildman–Crippen LogP) is 3.32. The Labute approximate surface area is 114 Å². The fourth-order valence-electron chi connectivity index (χ4n) is 2.23. The molecular formula is C15H22O4. The molecule has 1 rings (SSSR count). The fourth-order valence-corrected chi connectivity index (χ4v) is 2.23. The fraction of sp³-hybridized carbons (Fsp3) is 0.533. The van der Waals surface area contributed by atoms with Crippen LogP contribution in [0.1, 0.15) is 45.7 Å². The number of carbonyl (C=O) groups is 1. The number of phenolic OH excluding ortho intramolecular Hbond substituents is 1. The lowest BCUT2D eigenvalue weighted by molar-refractivity contribution is -0.132. The van der Waals surface area contributed by atoms with E-state index in [0.717, 1.165) is 11.1 Å². The molecule has 1 N–H and O–H groups in total. The van der Waals surface area contributed by atoms with Gasteiger partial charge in [0.15, 0.2) is 11.5 Å². The zero-order chi connectivity index (χ0) is 14.8. The third-order valence-electron chi connectivity index (χ3n) is 2.76. The molecule has 0 bridgehead atoms. The van der Waals surface area contributed by atoms with Crippen molar-refractivity contribution in [2.24, 2.45) is 0 Å². The highest BCUT2D eigenvalue weighted by Gasteiger charge is 2.26. The molecule has 0 aliphatic rings. The van der Waals surface area contributed by atoms with Crippen LogP contribution in [0.5, 0.6) is 17.2 Å². The maximum atomic E-state index is 11.2. The number of benzene rings is 1. The van der Waals surface area contributed by atoms with Crippen LogP contribution in [-0.2, 0) is 10.2 Å². The normalized spacial score (nSPS) is 11.3. The van der Waals surface area contributed by atoms with Crippen LogP contribution >= 0.6 is 0 Å². The third-order valence-corrected chi connectivity index (χ3v) is 2.76. The Morgan fingerprint density at radius 2 is 1.95 bits per heavy atom. The monoisotopic (exact) mass is 266 g/mol. The van der Waals surface area contributed by atoms with Gasteiger partial charge in [0.1, 0.15) is 5.75 Å². The molecule has 0 saturated heterocycles. The summed E-state index contributed by atoms with van der Waals surface area (Å²) >= 11 is 0. The van der Waals surface area contributed by atoms with Crippen LogP contribution in [0.2, 0.25) is 0 Å². The van der Waals surface area contributed by atoms with E-state index in [1.54, 1.807) is 0 Å². The second-order valence-corrected chi connectivity index (χ2v) is 5.50. The van der Waals surface area contributed by atoms with E-state index in [4.69, 9.17) is 9.47 Å². The van der Waals surface area contributed by atoms with E-state index >= 15 is 0 Å². The van der Waals surface area contributed by atoms with E-state index < -0.39 is 5.97 Å². The van der Waals surface area contributed by atoms with E-state index in [0.29, 0.717) is 18.1 Å². The molecule has 1 aromatic rings. The summed E-state index contributed by atoms with van der Waals surface area (Å²) in [6, 6.07) is 1.51. The minimum Gasteiger partial charge on any atom is -0.507 e. The molecule has 0 fully saturated rings. The first-order chi connectivity index (χ1) is 8.68. The topological polar surface area (TPSA) is 55.8 Å². The minimum atomic E-state index is -0.408. The molecule has 0 radical (unpaired) electrons. The summed E-state index contributed by atoms with van der Waals surface area (Å²) in [4.78, 5) is 11.2. The van der Waals surface area contributed by atoms with E-state index in [1.165, 1.54) is 13.0 Å². The molecule has 106 valence electrons. The zero-order valence-corrected chi connectivity index (χ0v) is 12.5. The van der Waals surface area contributed by atoms with Gasteiger partial charge < -0.3 is 14.6 Å². The lowest BCUT2D eigenvalue weighted by atomic mass is 9.83. The van der Waals surface area contributed by atoms with E-state index in [9.17, 15) is 9.90 Å². The molecule has 0 aliphatic heterocycles. The highest BCUT2D eigenvalue weighted by molar-refractivity contribution is 5.72. The van der Waals surface area contributed by atoms with Gasteiger partial charge in [-0.3, -0.25) is 4.79 Å². The summed E-state index contributed by atoms with van der Waals surface area (Å²) in [6.45, 7) is 11.4. The van der Waals surface area contributed by atoms with E-state index in [2.05, 4.69) is 0 Å². The van der Waals surface area contributed by atoms with Gasteiger partial charge in [0, 0.05) is 24.1 Å². The largest absolute Gasteiger partial charge is 0.507 e. The van der Waals surface area contributed by atoms with Crippen LogP contribution in [0.15, 0.2) is 6.07 Å². The number of aromatic hydroxyl groups is 1. The Morgan fingerprint density at radius 1 is 1.37 bits per heavy atom. The van der Waals surface area contributed by atoms with E-state index in [-0.39, 0.29) is 11.2 Å². The van der Waals surface area contributed by atoms with Gasteiger partial charge in [-0.25, -0.2) is 0 Å². The van der Waals surface area contributed by atoms with Gasteiger partial charge in [0.05, 0.1) is 6.61 Å². The molecule has 0 saturated carbocycles. The first-order valence-corrected chi connectivity index (χ1v) is 6.36. The quantitative estimate of drug-likeness (QED) is 0.673. The summed E-state index contributed by atoms with van der Waals surface area (Å²) in [5.74, 6) is 0.525. The van der Waals surface area contributed by atoms with Crippen molar-refractivity contribution < 1.29 is 19.4 Å². The Hall–Kier alpha value is -1.71. The van der Waals surface area contributed by atoms with Crippen molar-refractivity contribution in [1.82, 2.24) is 0 Å². The summed E-state index contributed by atoms with van der Waals surface area (Å²) < 4.78 is 10.7. The Kier molecular flexibility index (Phi) is 4.45. The van der Waals surface area contributed by atoms with Crippen LogP contribution in [0.3, 0.4) is 0 Å². The average molecular weight is 266 g/mol. The van der Waals surface area contributed by atoms with Crippen LogP contribution in [0.4, 0.5) is 0 Å². The Bertz CT molecular complexity index is 484. The predicted molar refractivity (Wildman–Crippen MR) is 74.0 cm³/mol.